The van der Waals surface area contributed by atoms with Crippen molar-refractivity contribution in [3.8, 4) is 5.75 Å². The zero-order valence-corrected chi connectivity index (χ0v) is 18.5. The van der Waals surface area contributed by atoms with E-state index in [4.69, 9.17) is 4.74 Å². The van der Waals surface area contributed by atoms with Crippen molar-refractivity contribution >= 4 is 33.1 Å². The first-order valence-corrected chi connectivity index (χ1v) is 11.5. The summed E-state index contributed by atoms with van der Waals surface area (Å²) >= 11 is 0. The minimum absolute atomic E-state index is 0.00958. The first-order valence-electron chi connectivity index (χ1n) is 10.1. The largest absolute Gasteiger partial charge is 0.423 e. The van der Waals surface area contributed by atoms with Gasteiger partial charge in [-0.05, 0) is 60.7 Å². The monoisotopic (exact) mass is 474 g/mol. The highest BCUT2D eigenvalue weighted by atomic mass is 32.2. The van der Waals surface area contributed by atoms with Crippen LogP contribution in [0.1, 0.15) is 10.4 Å². The number of para-hydroxylation sites is 2. The summed E-state index contributed by atoms with van der Waals surface area (Å²) in [7, 11) is -3.99. The van der Waals surface area contributed by atoms with Gasteiger partial charge in [-0.1, -0.05) is 36.4 Å². The van der Waals surface area contributed by atoms with E-state index < -0.39 is 20.9 Å². The van der Waals surface area contributed by atoms with E-state index in [0.29, 0.717) is 11.4 Å². The van der Waals surface area contributed by atoms with E-state index in [1.807, 2.05) is 0 Å². The van der Waals surface area contributed by atoms with Gasteiger partial charge in [-0.15, -0.1) is 0 Å². The zero-order chi connectivity index (χ0) is 24.1. The minimum atomic E-state index is -3.99. The zero-order valence-electron chi connectivity index (χ0n) is 17.6. The molecule has 0 aliphatic rings. The lowest BCUT2D eigenvalue weighted by Gasteiger charge is -2.24. The molecule has 0 saturated carbocycles. The van der Waals surface area contributed by atoms with Crippen LogP contribution in [0.3, 0.4) is 0 Å². The standard InChI is InChI=1S/C25H18N2O6S/c28-25(19-11-13-22(14-12-19)27(29)30)33-23-15-17-24(18-16-23)34(31,32)26(20-7-3-1-4-8-20)21-9-5-2-6-10-21/h1-18H. The van der Waals surface area contributed by atoms with Crippen LogP contribution >= 0.6 is 0 Å². The second-order valence-corrected chi connectivity index (χ2v) is 8.89. The summed E-state index contributed by atoms with van der Waals surface area (Å²) in [6.45, 7) is 0. The lowest BCUT2D eigenvalue weighted by Crippen LogP contribution is -2.26. The minimum Gasteiger partial charge on any atom is -0.423 e. The average molecular weight is 474 g/mol. The van der Waals surface area contributed by atoms with Crippen molar-refractivity contribution in [3.63, 3.8) is 0 Å². The third-order valence-electron chi connectivity index (χ3n) is 4.87. The van der Waals surface area contributed by atoms with Crippen molar-refractivity contribution < 1.29 is 22.9 Å². The highest BCUT2D eigenvalue weighted by Gasteiger charge is 2.26. The van der Waals surface area contributed by atoms with Crippen LogP contribution in [-0.4, -0.2) is 19.3 Å². The molecule has 0 unspecified atom stereocenters. The Bertz CT molecular complexity index is 1370. The van der Waals surface area contributed by atoms with Gasteiger partial charge in [0, 0.05) is 12.1 Å². The molecular formula is C25H18N2O6S. The van der Waals surface area contributed by atoms with Crippen LogP contribution in [0.5, 0.6) is 5.75 Å². The molecule has 4 rings (SSSR count). The Balaban J connectivity index is 1.59. The summed E-state index contributed by atoms with van der Waals surface area (Å²) in [4.78, 5) is 22.5. The fourth-order valence-electron chi connectivity index (χ4n) is 3.22. The maximum Gasteiger partial charge on any atom is 0.343 e. The number of nitrogens with zero attached hydrogens (tertiary/aromatic N) is 2. The van der Waals surface area contributed by atoms with E-state index in [9.17, 15) is 23.3 Å². The van der Waals surface area contributed by atoms with Crippen molar-refractivity contribution in [1.29, 1.82) is 0 Å². The first kappa shape index (κ1) is 22.7. The normalized spacial score (nSPS) is 10.9. The van der Waals surface area contributed by atoms with Gasteiger partial charge in [-0.25, -0.2) is 17.5 Å². The van der Waals surface area contributed by atoms with Gasteiger partial charge >= 0.3 is 5.97 Å². The van der Waals surface area contributed by atoms with Crippen LogP contribution < -0.4 is 9.04 Å². The maximum atomic E-state index is 13.5. The van der Waals surface area contributed by atoms with E-state index >= 15 is 0 Å². The molecule has 0 saturated heterocycles. The van der Waals surface area contributed by atoms with Gasteiger partial charge in [0.25, 0.3) is 15.7 Å². The number of rotatable bonds is 7. The molecule has 8 nitrogen and oxygen atoms in total. The Hall–Kier alpha value is -4.50. The molecule has 0 atom stereocenters. The number of ether oxygens (including phenoxy) is 1. The fourth-order valence-corrected chi connectivity index (χ4v) is 4.71. The number of anilines is 2. The molecule has 0 fully saturated rings. The molecule has 0 aromatic heterocycles. The predicted molar refractivity (Wildman–Crippen MR) is 127 cm³/mol. The number of carbonyl (C=O) groups excluding carboxylic acids is 1. The van der Waals surface area contributed by atoms with Crippen molar-refractivity contribution in [1.82, 2.24) is 0 Å². The molecule has 0 N–H and O–H groups in total. The number of esters is 1. The van der Waals surface area contributed by atoms with Gasteiger partial charge in [-0.2, -0.15) is 0 Å². The van der Waals surface area contributed by atoms with E-state index in [-0.39, 0.29) is 21.9 Å². The first-order chi connectivity index (χ1) is 16.4. The number of nitro groups is 1. The predicted octanol–water partition coefficient (Wildman–Crippen LogP) is 5.34. The van der Waals surface area contributed by atoms with Crippen molar-refractivity contribution in [2.24, 2.45) is 0 Å². The number of carbonyl (C=O) groups is 1. The molecule has 0 aliphatic carbocycles. The SMILES string of the molecule is O=C(Oc1ccc(S(=O)(=O)N(c2ccccc2)c2ccccc2)cc1)c1ccc([N+](=O)[O-])cc1. The summed E-state index contributed by atoms with van der Waals surface area (Å²) < 4.78 is 33.6. The van der Waals surface area contributed by atoms with Gasteiger partial charge in [-0.3, -0.25) is 10.1 Å². The van der Waals surface area contributed by atoms with Gasteiger partial charge in [0.05, 0.1) is 26.8 Å². The Kier molecular flexibility index (Phi) is 6.37. The molecule has 0 aliphatic heterocycles. The number of nitro benzene ring substituents is 1. The Morgan fingerprint density at radius 2 is 1.24 bits per heavy atom. The number of hydrogen-bond donors (Lipinski definition) is 0. The molecule has 4 aromatic carbocycles. The average Bonchev–Trinajstić information content (AvgIpc) is 2.86. The molecule has 34 heavy (non-hydrogen) atoms. The molecule has 0 heterocycles. The van der Waals surface area contributed by atoms with Crippen molar-refractivity contribution in [2.45, 2.75) is 4.90 Å². The fraction of sp³-hybridized carbons (Fsp3) is 0. The molecule has 0 bridgehead atoms. The van der Waals surface area contributed by atoms with E-state index in [1.165, 1.54) is 52.8 Å². The summed E-state index contributed by atoms with van der Waals surface area (Å²) in [6.07, 6.45) is 0. The quantitative estimate of drug-likeness (QED) is 0.155. The van der Waals surface area contributed by atoms with Crippen LogP contribution in [0.25, 0.3) is 0 Å². The summed E-state index contributed by atoms with van der Waals surface area (Å²) in [6, 6.07) is 27.8. The van der Waals surface area contributed by atoms with E-state index in [1.54, 1.807) is 60.7 Å². The van der Waals surface area contributed by atoms with Crippen LogP contribution in [0.15, 0.2) is 114 Å². The maximum absolute atomic E-state index is 13.5. The lowest BCUT2D eigenvalue weighted by atomic mass is 10.2. The van der Waals surface area contributed by atoms with Gasteiger partial charge in [0.1, 0.15) is 5.75 Å². The van der Waals surface area contributed by atoms with Crippen molar-refractivity contribution in [2.75, 3.05) is 4.31 Å². The van der Waals surface area contributed by atoms with Crippen molar-refractivity contribution in [3.05, 3.63) is 125 Å². The summed E-state index contributed by atoms with van der Waals surface area (Å²) in [5, 5.41) is 10.8. The number of benzene rings is 4. The smallest absolute Gasteiger partial charge is 0.343 e. The third-order valence-corrected chi connectivity index (χ3v) is 6.64. The topological polar surface area (TPSA) is 107 Å². The van der Waals surface area contributed by atoms with Crippen LogP contribution in [0.2, 0.25) is 0 Å². The van der Waals surface area contributed by atoms with Crippen LogP contribution in [0, 0.1) is 10.1 Å². The Labute approximate surface area is 195 Å². The summed E-state index contributed by atoms with van der Waals surface area (Å²) in [5.74, 6) is -0.589. The summed E-state index contributed by atoms with van der Waals surface area (Å²) in [5.41, 5.74) is 0.930. The molecule has 170 valence electrons. The highest BCUT2D eigenvalue weighted by molar-refractivity contribution is 7.93. The molecule has 4 aromatic rings. The molecule has 0 radical (unpaired) electrons. The second-order valence-electron chi connectivity index (χ2n) is 7.11. The third kappa shape index (κ3) is 4.79. The second kappa shape index (κ2) is 9.55. The Morgan fingerprint density at radius 3 is 1.71 bits per heavy atom. The van der Waals surface area contributed by atoms with Gasteiger partial charge in [0.2, 0.25) is 0 Å². The molecule has 0 spiro atoms. The number of sulfonamides is 1. The molecular weight excluding hydrogens is 456 g/mol. The number of hydrogen-bond acceptors (Lipinski definition) is 6. The van der Waals surface area contributed by atoms with Gasteiger partial charge < -0.3 is 4.74 Å². The molecule has 0 amide bonds. The molecule has 9 heteroatoms. The Morgan fingerprint density at radius 1 is 0.735 bits per heavy atom. The van der Waals surface area contributed by atoms with Crippen LogP contribution in [-0.2, 0) is 10.0 Å². The number of non-ortho nitro benzene ring substituents is 1. The lowest BCUT2D eigenvalue weighted by molar-refractivity contribution is -0.384. The van der Waals surface area contributed by atoms with Gasteiger partial charge in [0.15, 0.2) is 0 Å². The van der Waals surface area contributed by atoms with Crippen LogP contribution in [0.4, 0.5) is 17.1 Å². The van der Waals surface area contributed by atoms with E-state index in [0.717, 1.165) is 0 Å². The highest BCUT2D eigenvalue weighted by Crippen LogP contribution is 2.32. The van der Waals surface area contributed by atoms with E-state index in [2.05, 4.69) is 0 Å².